The second-order valence-electron chi connectivity index (χ2n) is 7.33. The number of ether oxygens (including phenoxy) is 1. The highest BCUT2D eigenvalue weighted by atomic mass is 16.5. The Bertz CT molecular complexity index is 991. The van der Waals surface area contributed by atoms with Crippen molar-refractivity contribution < 1.29 is 18.9 Å². The Morgan fingerprint density at radius 3 is 2.39 bits per heavy atom. The second-order valence-corrected chi connectivity index (χ2v) is 7.33. The average molecular weight is 374 g/mol. The van der Waals surface area contributed by atoms with E-state index in [1.807, 2.05) is 48.5 Å². The van der Waals surface area contributed by atoms with Gasteiger partial charge in [0.2, 0.25) is 12.3 Å². The molecule has 4 rings (SSSR count). The summed E-state index contributed by atoms with van der Waals surface area (Å²) in [5, 5.41) is 1.77. The van der Waals surface area contributed by atoms with Crippen LogP contribution in [-0.4, -0.2) is 17.9 Å². The fourth-order valence-electron chi connectivity index (χ4n) is 3.88. The molecule has 3 aromatic rings. The van der Waals surface area contributed by atoms with Gasteiger partial charge in [-0.15, -0.1) is 0 Å². The SMILES string of the molecule is O=C(C[n+]1ccc2ccccc2c1C(=O)OC1CCCCC1)c1ccccc1. The normalized spacial score (nSPS) is 14.7. The molecule has 0 amide bonds. The van der Waals surface area contributed by atoms with Crippen LogP contribution in [0.25, 0.3) is 10.8 Å². The Morgan fingerprint density at radius 1 is 0.893 bits per heavy atom. The van der Waals surface area contributed by atoms with Crippen molar-refractivity contribution >= 4 is 22.5 Å². The van der Waals surface area contributed by atoms with Gasteiger partial charge in [0.05, 0.1) is 5.39 Å². The quantitative estimate of drug-likeness (QED) is 0.375. The molecule has 1 fully saturated rings. The van der Waals surface area contributed by atoms with Crippen LogP contribution >= 0.6 is 0 Å². The highest BCUT2D eigenvalue weighted by Crippen LogP contribution is 2.23. The Labute approximate surface area is 164 Å². The van der Waals surface area contributed by atoms with Crippen LogP contribution in [0, 0.1) is 0 Å². The van der Waals surface area contributed by atoms with Crippen molar-refractivity contribution in [2.75, 3.05) is 0 Å². The molecule has 28 heavy (non-hydrogen) atoms. The molecule has 0 spiro atoms. The molecule has 4 nitrogen and oxygen atoms in total. The lowest BCUT2D eigenvalue weighted by atomic mass is 9.98. The van der Waals surface area contributed by atoms with Gasteiger partial charge in [0, 0.05) is 11.6 Å². The van der Waals surface area contributed by atoms with Gasteiger partial charge in [0.15, 0.2) is 6.20 Å². The first-order valence-electron chi connectivity index (χ1n) is 9.93. The molecule has 142 valence electrons. The summed E-state index contributed by atoms with van der Waals surface area (Å²) in [5.41, 5.74) is 1.09. The third-order valence-electron chi connectivity index (χ3n) is 5.37. The lowest BCUT2D eigenvalue weighted by Crippen LogP contribution is -2.44. The first-order valence-corrected chi connectivity index (χ1v) is 9.93. The van der Waals surface area contributed by atoms with E-state index in [-0.39, 0.29) is 24.4 Å². The number of ketones is 1. The van der Waals surface area contributed by atoms with Crippen molar-refractivity contribution in [3.8, 4) is 0 Å². The summed E-state index contributed by atoms with van der Waals surface area (Å²) in [6.45, 7) is 0.101. The maximum absolute atomic E-state index is 13.1. The summed E-state index contributed by atoms with van der Waals surface area (Å²) in [4.78, 5) is 25.9. The maximum atomic E-state index is 13.1. The van der Waals surface area contributed by atoms with Gasteiger partial charge in [-0.25, -0.2) is 4.79 Å². The average Bonchev–Trinajstić information content (AvgIpc) is 2.74. The van der Waals surface area contributed by atoms with Crippen LogP contribution in [0.2, 0.25) is 0 Å². The first kappa shape index (κ1) is 18.4. The standard InChI is InChI=1S/C24H24NO3/c26-22(19-10-3-1-4-11-19)17-25-16-15-18-9-7-8-14-21(18)23(25)24(27)28-20-12-5-2-6-13-20/h1,3-4,7-11,14-16,20H,2,5-6,12-13,17H2/q+1. The zero-order chi connectivity index (χ0) is 19.3. The highest BCUT2D eigenvalue weighted by Gasteiger charge is 2.29. The molecule has 0 bridgehead atoms. The zero-order valence-electron chi connectivity index (χ0n) is 15.8. The number of benzene rings is 2. The van der Waals surface area contributed by atoms with Gasteiger partial charge in [0.25, 0.3) is 5.69 Å². The number of carbonyl (C=O) groups is 2. The van der Waals surface area contributed by atoms with Gasteiger partial charge in [-0.1, -0.05) is 55.0 Å². The van der Waals surface area contributed by atoms with Crippen LogP contribution in [0.15, 0.2) is 66.9 Å². The molecule has 1 aliphatic rings. The van der Waals surface area contributed by atoms with E-state index in [4.69, 9.17) is 4.74 Å². The minimum atomic E-state index is -0.343. The molecule has 1 aliphatic carbocycles. The fourth-order valence-corrected chi connectivity index (χ4v) is 3.88. The van der Waals surface area contributed by atoms with Crippen molar-refractivity contribution in [2.24, 2.45) is 0 Å². The van der Waals surface area contributed by atoms with Crippen molar-refractivity contribution in [2.45, 2.75) is 44.8 Å². The van der Waals surface area contributed by atoms with Crippen molar-refractivity contribution in [1.29, 1.82) is 0 Å². The maximum Gasteiger partial charge on any atom is 0.404 e. The van der Waals surface area contributed by atoms with Crippen molar-refractivity contribution in [3.63, 3.8) is 0 Å². The lowest BCUT2D eigenvalue weighted by molar-refractivity contribution is -0.684. The van der Waals surface area contributed by atoms with E-state index in [1.165, 1.54) is 6.42 Å². The molecule has 0 aliphatic heterocycles. The summed E-state index contributed by atoms with van der Waals surface area (Å²) in [5.74, 6) is -0.378. The largest absolute Gasteiger partial charge is 0.454 e. The second kappa shape index (κ2) is 8.34. The lowest BCUT2D eigenvalue weighted by Gasteiger charge is -2.21. The number of aromatic nitrogens is 1. The number of hydrogen-bond donors (Lipinski definition) is 0. The third-order valence-corrected chi connectivity index (χ3v) is 5.37. The van der Waals surface area contributed by atoms with E-state index in [2.05, 4.69) is 0 Å². The molecule has 0 atom stereocenters. The minimum Gasteiger partial charge on any atom is -0.454 e. The molecule has 1 heterocycles. The van der Waals surface area contributed by atoms with Crippen molar-refractivity contribution in [1.82, 2.24) is 0 Å². The molecule has 2 aromatic carbocycles. The zero-order valence-corrected chi connectivity index (χ0v) is 15.8. The van der Waals surface area contributed by atoms with E-state index >= 15 is 0 Å². The molecule has 4 heteroatoms. The molecule has 0 N–H and O–H groups in total. The van der Waals surface area contributed by atoms with E-state index in [1.54, 1.807) is 22.9 Å². The minimum absolute atomic E-state index is 0.0292. The topological polar surface area (TPSA) is 47.2 Å². The number of carbonyl (C=O) groups excluding carboxylic acids is 2. The van der Waals surface area contributed by atoms with Crippen LogP contribution < -0.4 is 4.57 Å². The Morgan fingerprint density at radius 2 is 1.61 bits per heavy atom. The Kier molecular flexibility index (Phi) is 5.47. The molecule has 0 saturated heterocycles. The first-order chi connectivity index (χ1) is 13.7. The van der Waals surface area contributed by atoms with Gasteiger partial charge < -0.3 is 4.74 Å². The van der Waals surface area contributed by atoms with Gasteiger partial charge >= 0.3 is 5.97 Å². The van der Waals surface area contributed by atoms with Crippen LogP contribution in [0.4, 0.5) is 0 Å². The molecular formula is C24H24NO3+. The van der Waals surface area contributed by atoms with Crippen LogP contribution in [-0.2, 0) is 11.3 Å². The van der Waals surface area contributed by atoms with Gasteiger partial charge in [-0.3, -0.25) is 4.79 Å². The smallest absolute Gasteiger partial charge is 0.404 e. The molecular weight excluding hydrogens is 350 g/mol. The number of nitrogens with zero attached hydrogens (tertiary/aromatic N) is 1. The summed E-state index contributed by atoms with van der Waals surface area (Å²) >= 11 is 0. The summed E-state index contributed by atoms with van der Waals surface area (Å²) in [7, 11) is 0. The predicted octanol–water partition coefficient (Wildman–Crippen LogP) is 4.50. The van der Waals surface area contributed by atoms with E-state index < -0.39 is 0 Å². The Balaban J connectivity index is 1.68. The monoisotopic (exact) mass is 374 g/mol. The number of esters is 1. The van der Waals surface area contributed by atoms with Crippen molar-refractivity contribution in [3.05, 3.63) is 78.1 Å². The van der Waals surface area contributed by atoms with Crippen LogP contribution in [0.1, 0.15) is 53.0 Å². The highest BCUT2D eigenvalue weighted by molar-refractivity contribution is 6.01. The summed E-state index contributed by atoms with van der Waals surface area (Å²) in [6.07, 6.45) is 7.01. The number of fused-ring (bicyclic) bond motifs is 1. The number of Topliss-reactive ketones (excluding diaryl/α,β-unsaturated/α-hetero) is 1. The van der Waals surface area contributed by atoms with Gasteiger partial charge in [0.1, 0.15) is 6.10 Å². The number of hydrogen-bond acceptors (Lipinski definition) is 3. The third kappa shape index (κ3) is 3.96. The van der Waals surface area contributed by atoms with E-state index in [0.717, 1.165) is 36.5 Å². The number of pyridine rings is 1. The van der Waals surface area contributed by atoms with E-state index in [9.17, 15) is 9.59 Å². The van der Waals surface area contributed by atoms with E-state index in [0.29, 0.717) is 11.3 Å². The van der Waals surface area contributed by atoms with Gasteiger partial charge in [-0.2, -0.15) is 4.57 Å². The predicted molar refractivity (Wildman–Crippen MR) is 107 cm³/mol. The molecule has 0 unspecified atom stereocenters. The molecule has 1 aromatic heterocycles. The number of rotatable bonds is 5. The fraction of sp³-hybridized carbons (Fsp3) is 0.292. The summed E-state index contributed by atoms with van der Waals surface area (Å²) in [6, 6.07) is 18.8. The van der Waals surface area contributed by atoms with Crippen LogP contribution in [0.5, 0.6) is 0 Å². The molecule has 0 radical (unpaired) electrons. The van der Waals surface area contributed by atoms with Crippen LogP contribution in [0.3, 0.4) is 0 Å². The Hall–Kier alpha value is -3.01. The molecule has 1 saturated carbocycles. The summed E-state index contributed by atoms with van der Waals surface area (Å²) < 4.78 is 7.57. The van der Waals surface area contributed by atoms with Gasteiger partial charge in [-0.05, 0) is 37.1 Å².